The summed E-state index contributed by atoms with van der Waals surface area (Å²) in [5, 5.41) is 3.11. The highest BCUT2D eigenvalue weighted by Crippen LogP contribution is 2.25. The highest BCUT2D eigenvalue weighted by atomic mass is 19.1. The van der Waals surface area contributed by atoms with Gasteiger partial charge in [0.1, 0.15) is 12.0 Å². The van der Waals surface area contributed by atoms with E-state index in [9.17, 15) is 4.39 Å². The second-order valence-corrected chi connectivity index (χ2v) is 3.69. The predicted octanol–water partition coefficient (Wildman–Crippen LogP) is 2.09. The quantitative estimate of drug-likeness (QED) is 0.785. The van der Waals surface area contributed by atoms with Crippen LogP contribution >= 0.6 is 0 Å². The Morgan fingerprint density at radius 3 is 2.79 bits per heavy atom. The lowest BCUT2D eigenvalue weighted by Crippen LogP contribution is -2.26. The van der Waals surface area contributed by atoms with Crippen LogP contribution in [0, 0.1) is 6.92 Å². The molecule has 14 heavy (non-hydrogen) atoms. The van der Waals surface area contributed by atoms with Gasteiger partial charge in [-0.15, -0.1) is 0 Å². The Morgan fingerprint density at radius 2 is 2.14 bits per heavy atom. The Labute approximate surface area is 82.8 Å². The summed E-state index contributed by atoms with van der Waals surface area (Å²) in [5.74, 6) is 0.710. The molecule has 76 valence electrons. The second kappa shape index (κ2) is 3.90. The molecule has 2 unspecified atom stereocenters. The van der Waals surface area contributed by atoms with Crippen LogP contribution in [0.5, 0.6) is 0 Å². The van der Waals surface area contributed by atoms with Crippen molar-refractivity contribution in [2.45, 2.75) is 38.4 Å². The van der Waals surface area contributed by atoms with Crippen LogP contribution in [0.15, 0.2) is 12.4 Å². The van der Waals surface area contributed by atoms with E-state index in [1.165, 1.54) is 0 Å². The monoisotopic (exact) mass is 195 g/mol. The van der Waals surface area contributed by atoms with Gasteiger partial charge in [0.15, 0.2) is 0 Å². The predicted molar refractivity (Wildman–Crippen MR) is 52.9 cm³/mol. The topological polar surface area (TPSA) is 37.8 Å². The first-order valence-corrected chi connectivity index (χ1v) is 4.95. The highest BCUT2D eigenvalue weighted by Gasteiger charge is 2.27. The molecular weight excluding hydrogens is 181 g/mol. The zero-order chi connectivity index (χ0) is 9.97. The summed E-state index contributed by atoms with van der Waals surface area (Å²) in [6.07, 6.45) is 5.03. The largest absolute Gasteiger partial charge is 0.363 e. The molecule has 0 bridgehead atoms. The Kier molecular flexibility index (Phi) is 2.61. The smallest absolute Gasteiger partial charge is 0.147 e. The second-order valence-electron chi connectivity index (χ2n) is 3.69. The van der Waals surface area contributed by atoms with Gasteiger partial charge in [0, 0.05) is 12.4 Å². The van der Waals surface area contributed by atoms with Crippen molar-refractivity contribution in [2.75, 3.05) is 5.32 Å². The molecule has 1 aromatic rings. The molecule has 1 heterocycles. The molecule has 1 aliphatic rings. The summed E-state index contributed by atoms with van der Waals surface area (Å²) in [4.78, 5) is 8.23. The molecule has 1 fully saturated rings. The number of hydrogen-bond acceptors (Lipinski definition) is 3. The lowest BCUT2D eigenvalue weighted by atomic mass is 10.2. The molecule has 0 aromatic carbocycles. The molecule has 2 atom stereocenters. The van der Waals surface area contributed by atoms with Crippen molar-refractivity contribution in [1.82, 2.24) is 9.97 Å². The summed E-state index contributed by atoms with van der Waals surface area (Å²) in [6, 6.07) is -0.0783. The average Bonchev–Trinajstić information content (AvgIpc) is 2.56. The van der Waals surface area contributed by atoms with Gasteiger partial charge >= 0.3 is 0 Å². The minimum absolute atomic E-state index is 0.0783. The maximum Gasteiger partial charge on any atom is 0.147 e. The lowest BCUT2D eigenvalue weighted by Gasteiger charge is -2.16. The van der Waals surface area contributed by atoms with Crippen LogP contribution in [0.2, 0.25) is 0 Å². The fraction of sp³-hybridized carbons (Fsp3) is 0.600. The number of hydrogen-bond donors (Lipinski definition) is 1. The Balaban J connectivity index is 2.07. The fourth-order valence-corrected chi connectivity index (χ4v) is 1.80. The number of rotatable bonds is 2. The standard InChI is InChI=1S/C10H14FN3/c1-7-10(13-6-5-12-7)14-9-4-2-3-8(9)11/h5-6,8-9H,2-4H2,1H3,(H,13,14). The third-order valence-electron chi connectivity index (χ3n) is 2.63. The SMILES string of the molecule is Cc1nccnc1NC1CCCC1F. The van der Waals surface area contributed by atoms with Crippen LogP contribution in [-0.4, -0.2) is 22.2 Å². The van der Waals surface area contributed by atoms with E-state index in [4.69, 9.17) is 0 Å². The first kappa shape index (κ1) is 9.37. The summed E-state index contributed by atoms with van der Waals surface area (Å²) in [6.45, 7) is 1.87. The number of aryl methyl sites for hydroxylation is 1. The molecule has 0 amide bonds. The molecule has 3 nitrogen and oxygen atoms in total. The number of halogens is 1. The van der Waals surface area contributed by atoms with Gasteiger partial charge in [-0.1, -0.05) is 0 Å². The number of nitrogens with one attached hydrogen (secondary N) is 1. The van der Waals surface area contributed by atoms with Crippen LogP contribution in [-0.2, 0) is 0 Å². The van der Waals surface area contributed by atoms with E-state index in [0.29, 0.717) is 12.2 Å². The van der Waals surface area contributed by atoms with Gasteiger partial charge in [-0.05, 0) is 26.2 Å². The van der Waals surface area contributed by atoms with Gasteiger partial charge in [0.2, 0.25) is 0 Å². The van der Waals surface area contributed by atoms with E-state index >= 15 is 0 Å². The van der Waals surface area contributed by atoms with E-state index in [1.54, 1.807) is 12.4 Å². The van der Waals surface area contributed by atoms with Crippen molar-refractivity contribution in [1.29, 1.82) is 0 Å². The molecule has 1 N–H and O–H groups in total. The summed E-state index contributed by atoms with van der Waals surface area (Å²) in [7, 11) is 0. The molecule has 1 aliphatic carbocycles. The molecular formula is C10H14FN3. The van der Waals surface area contributed by atoms with Crippen molar-refractivity contribution >= 4 is 5.82 Å². The van der Waals surface area contributed by atoms with Crippen molar-refractivity contribution in [3.8, 4) is 0 Å². The minimum atomic E-state index is -0.739. The molecule has 0 aliphatic heterocycles. The first-order valence-electron chi connectivity index (χ1n) is 4.95. The highest BCUT2D eigenvalue weighted by molar-refractivity contribution is 5.39. The fourth-order valence-electron chi connectivity index (χ4n) is 1.80. The number of aromatic nitrogens is 2. The Morgan fingerprint density at radius 1 is 1.36 bits per heavy atom. The van der Waals surface area contributed by atoms with E-state index < -0.39 is 6.17 Å². The van der Waals surface area contributed by atoms with Gasteiger partial charge in [-0.25, -0.2) is 9.37 Å². The van der Waals surface area contributed by atoms with Crippen LogP contribution in [0.25, 0.3) is 0 Å². The molecule has 4 heteroatoms. The number of alkyl halides is 1. The Hall–Kier alpha value is -1.19. The average molecular weight is 195 g/mol. The molecule has 1 saturated carbocycles. The third-order valence-corrected chi connectivity index (χ3v) is 2.63. The zero-order valence-corrected chi connectivity index (χ0v) is 8.20. The minimum Gasteiger partial charge on any atom is -0.363 e. The van der Waals surface area contributed by atoms with Gasteiger partial charge in [-0.2, -0.15) is 0 Å². The Bertz CT molecular complexity index is 316. The first-order chi connectivity index (χ1) is 6.77. The van der Waals surface area contributed by atoms with E-state index in [0.717, 1.165) is 18.5 Å². The maximum atomic E-state index is 13.3. The van der Waals surface area contributed by atoms with Crippen LogP contribution in [0.3, 0.4) is 0 Å². The van der Waals surface area contributed by atoms with Crippen molar-refractivity contribution in [3.63, 3.8) is 0 Å². The van der Waals surface area contributed by atoms with Crippen LogP contribution < -0.4 is 5.32 Å². The lowest BCUT2D eigenvalue weighted by molar-refractivity contribution is 0.323. The zero-order valence-electron chi connectivity index (χ0n) is 8.20. The normalized spacial score (nSPS) is 26.4. The van der Waals surface area contributed by atoms with E-state index in [-0.39, 0.29) is 6.04 Å². The van der Waals surface area contributed by atoms with Gasteiger partial charge in [0.05, 0.1) is 11.7 Å². The van der Waals surface area contributed by atoms with Crippen LogP contribution in [0.1, 0.15) is 25.0 Å². The van der Waals surface area contributed by atoms with Gasteiger partial charge in [-0.3, -0.25) is 4.98 Å². The van der Waals surface area contributed by atoms with Crippen molar-refractivity contribution in [3.05, 3.63) is 18.1 Å². The van der Waals surface area contributed by atoms with Gasteiger partial charge < -0.3 is 5.32 Å². The molecule has 0 spiro atoms. The van der Waals surface area contributed by atoms with Crippen molar-refractivity contribution < 1.29 is 4.39 Å². The number of nitrogens with zero attached hydrogens (tertiary/aromatic N) is 2. The van der Waals surface area contributed by atoms with Gasteiger partial charge in [0.25, 0.3) is 0 Å². The molecule has 2 rings (SSSR count). The van der Waals surface area contributed by atoms with E-state index in [1.807, 2.05) is 6.92 Å². The van der Waals surface area contributed by atoms with E-state index in [2.05, 4.69) is 15.3 Å². The summed E-state index contributed by atoms with van der Waals surface area (Å²) >= 11 is 0. The molecule has 0 radical (unpaired) electrons. The third kappa shape index (κ3) is 1.84. The van der Waals surface area contributed by atoms with Crippen molar-refractivity contribution in [2.24, 2.45) is 0 Å². The number of anilines is 1. The summed E-state index contributed by atoms with van der Waals surface area (Å²) < 4.78 is 13.3. The maximum absolute atomic E-state index is 13.3. The molecule has 1 aromatic heterocycles. The molecule has 0 saturated heterocycles. The summed E-state index contributed by atoms with van der Waals surface area (Å²) in [5.41, 5.74) is 0.826. The van der Waals surface area contributed by atoms with Crippen LogP contribution in [0.4, 0.5) is 10.2 Å².